The zero-order valence-corrected chi connectivity index (χ0v) is 13.6. The van der Waals surface area contributed by atoms with Crippen LogP contribution in [0.5, 0.6) is 0 Å². The molecule has 3 aromatic rings. The van der Waals surface area contributed by atoms with E-state index in [1.165, 1.54) is 0 Å². The number of nitrogens with one attached hydrogen (secondary N) is 2. The number of carbonyl (C=O) groups is 1. The molecule has 7 heteroatoms. The van der Waals surface area contributed by atoms with Gasteiger partial charge in [0.05, 0.1) is 12.8 Å². The van der Waals surface area contributed by atoms with E-state index >= 15 is 0 Å². The van der Waals surface area contributed by atoms with Crippen LogP contribution in [-0.4, -0.2) is 16.1 Å². The van der Waals surface area contributed by atoms with E-state index in [4.69, 9.17) is 4.42 Å². The van der Waals surface area contributed by atoms with Crippen LogP contribution in [-0.2, 0) is 6.54 Å². The lowest BCUT2D eigenvalue weighted by Gasteiger charge is -2.06. The smallest absolute Gasteiger partial charge is 0.256 e. The van der Waals surface area contributed by atoms with Crippen molar-refractivity contribution in [3.8, 4) is 0 Å². The number of anilines is 2. The van der Waals surface area contributed by atoms with Gasteiger partial charge in [0.1, 0.15) is 11.6 Å². The predicted molar refractivity (Wildman–Crippen MR) is 90.2 cm³/mol. The number of carbonyl (C=O) groups excluding carboxylic acids is 1. The van der Waals surface area contributed by atoms with Gasteiger partial charge in [0.15, 0.2) is 5.82 Å². The number of amides is 1. The van der Waals surface area contributed by atoms with E-state index in [0.29, 0.717) is 23.7 Å². The molecule has 1 amide bonds. The van der Waals surface area contributed by atoms with Gasteiger partial charge in [0.2, 0.25) is 0 Å². The maximum absolute atomic E-state index is 12.1. The van der Waals surface area contributed by atoms with Gasteiger partial charge in [0.25, 0.3) is 5.91 Å². The first-order valence-electron chi connectivity index (χ1n) is 6.87. The lowest BCUT2D eigenvalue weighted by molar-refractivity contribution is 0.102. The molecule has 2 aromatic heterocycles. The van der Waals surface area contributed by atoms with Crippen molar-refractivity contribution in [3.63, 3.8) is 0 Å². The second-order valence-corrected chi connectivity index (χ2v) is 5.61. The van der Waals surface area contributed by atoms with Crippen molar-refractivity contribution >= 4 is 33.5 Å². The molecular formula is C16H13BrN4O2. The summed E-state index contributed by atoms with van der Waals surface area (Å²) >= 11 is 3.33. The number of nitrogens with zero attached hydrogens (tertiary/aromatic N) is 2. The summed E-state index contributed by atoms with van der Waals surface area (Å²) in [6.07, 6.45) is 1.61. The van der Waals surface area contributed by atoms with Crippen molar-refractivity contribution in [2.75, 3.05) is 10.6 Å². The van der Waals surface area contributed by atoms with Gasteiger partial charge in [-0.1, -0.05) is 15.9 Å². The number of aromatic nitrogens is 2. The first kappa shape index (κ1) is 15.2. The monoisotopic (exact) mass is 372 g/mol. The van der Waals surface area contributed by atoms with Gasteiger partial charge in [-0.25, -0.2) is 0 Å². The molecule has 1 aromatic carbocycles. The molecule has 0 aliphatic carbocycles. The third-order valence-electron chi connectivity index (χ3n) is 3.04. The zero-order valence-electron chi connectivity index (χ0n) is 12.0. The molecule has 23 heavy (non-hydrogen) atoms. The number of halogens is 1. The van der Waals surface area contributed by atoms with Gasteiger partial charge in [-0.05, 0) is 48.5 Å². The molecule has 0 unspecified atom stereocenters. The fourth-order valence-electron chi connectivity index (χ4n) is 1.87. The lowest BCUT2D eigenvalue weighted by atomic mass is 10.2. The molecule has 0 aliphatic rings. The Hall–Kier alpha value is -2.67. The Morgan fingerprint density at radius 1 is 1.04 bits per heavy atom. The fraction of sp³-hybridized carbons (Fsp3) is 0.0625. The topological polar surface area (TPSA) is 80.0 Å². The average molecular weight is 373 g/mol. The molecule has 0 spiro atoms. The Morgan fingerprint density at radius 3 is 2.43 bits per heavy atom. The van der Waals surface area contributed by atoms with E-state index in [9.17, 15) is 4.79 Å². The Balaban J connectivity index is 1.58. The highest BCUT2D eigenvalue weighted by molar-refractivity contribution is 9.10. The van der Waals surface area contributed by atoms with Crippen LogP contribution in [0.3, 0.4) is 0 Å². The summed E-state index contributed by atoms with van der Waals surface area (Å²) in [6.45, 7) is 0.520. The summed E-state index contributed by atoms with van der Waals surface area (Å²) in [5.41, 5.74) is 0.551. The number of furan rings is 1. The summed E-state index contributed by atoms with van der Waals surface area (Å²) in [6, 6.07) is 14.2. The zero-order chi connectivity index (χ0) is 16.1. The number of hydrogen-bond donors (Lipinski definition) is 2. The van der Waals surface area contributed by atoms with Crippen LogP contribution in [0.4, 0.5) is 11.6 Å². The lowest BCUT2D eigenvalue weighted by Crippen LogP contribution is -2.13. The van der Waals surface area contributed by atoms with E-state index in [1.807, 2.05) is 24.3 Å². The van der Waals surface area contributed by atoms with Crippen molar-refractivity contribution in [3.05, 3.63) is 70.6 Å². The minimum absolute atomic E-state index is 0.233. The van der Waals surface area contributed by atoms with E-state index in [1.54, 1.807) is 30.5 Å². The Kier molecular flexibility index (Phi) is 4.68. The standard InChI is InChI=1S/C16H13BrN4O2/c17-12-5-3-11(4-6-12)16(22)19-15-8-7-14(20-21-15)18-10-13-2-1-9-23-13/h1-9H,10H2,(H,18,20)(H,19,21,22). The maximum atomic E-state index is 12.1. The molecule has 0 radical (unpaired) electrons. The van der Waals surface area contributed by atoms with Crippen LogP contribution in [0.15, 0.2) is 63.7 Å². The van der Waals surface area contributed by atoms with Crippen molar-refractivity contribution < 1.29 is 9.21 Å². The second kappa shape index (κ2) is 7.06. The van der Waals surface area contributed by atoms with Crippen LogP contribution < -0.4 is 10.6 Å². The van der Waals surface area contributed by atoms with E-state index < -0.39 is 0 Å². The molecule has 0 aliphatic heterocycles. The van der Waals surface area contributed by atoms with Crippen LogP contribution in [0.2, 0.25) is 0 Å². The molecule has 6 nitrogen and oxygen atoms in total. The first-order chi connectivity index (χ1) is 11.2. The number of hydrogen-bond acceptors (Lipinski definition) is 5. The summed E-state index contributed by atoms with van der Waals surface area (Å²) in [7, 11) is 0. The Labute approximate surface area is 141 Å². The van der Waals surface area contributed by atoms with Gasteiger partial charge >= 0.3 is 0 Å². The van der Waals surface area contributed by atoms with Crippen molar-refractivity contribution in [2.45, 2.75) is 6.54 Å². The van der Waals surface area contributed by atoms with Gasteiger partial charge in [0, 0.05) is 10.0 Å². The number of rotatable bonds is 5. The van der Waals surface area contributed by atoms with Crippen molar-refractivity contribution in [1.82, 2.24) is 10.2 Å². The van der Waals surface area contributed by atoms with Crippen LogP contribution in [0.1, 0.15) is 16.1 Å². The largest absolute Gasteiger partial charge is 0.467 e. The van der Waals surface area contributed by atoms with Gasteiger partial charge in [-0.15, -0.1) is 10.2 Å². The Bertz CT molecular complexity index is 771. The highest BCUT2D eigenvalue weighted by atomic mass is 79.9. The molecule has 0 bridgehead atoms. The minimum atomic E-state index is -0.233. The van der Waals surface area contributed by atoms with Crippen LogP contribution in [0.25, 0.3) is 0 Å². The van der Waals surface area contributed by atoms with Gasteiger partial charge in [-0.2, -0.15) is 0 Å². The summed E-state index contributed by atoms with van der Waals surface area (Å²) in [4.78, 5) is 12.1. The highest BCUT2D eigenvalue weighted by Crippen LogP contribution is 2.13. The van der Waals surface area contributed by atoms with E-state index in [-0.39, 0.29) is 5.91 Å². The molecule has 0 saturated carbocycles. The molecule has 3 rings (SSSR count). The molecule has 116 valence electrons. The van der Waals surface area contributed by atoms with E-state index in [0.717, 1.165) is 10.2 Å². The third-order valence-corrected chi connectivity index (χ3v) is 3.57. The third kappa shape index (κ3) is 4.17. The molecular weight excluding hydrogens is 360 g/mol. The molecule has 2 N–H and O–H groups in total. The van der Waals surface area contributed by atoms with Crippen molar-refractivity contribution in [1.29, 1.82) is 0 Å². The van der Waals surface area contributed by atoms with Crippen LogP contribution >= 0.6 is 15.9 Å². The van der Waals surface area contributed by atoms with Gasteiger partial charge < -0.3 is 15.1 Å². The molecule has 0 atom stereocenters. The quantitative estimate of drug-likeness (QED) is 0.713. The van der Waals surface area contributed by atoms with E-state index in [2.05, 4.69) is 36.8 Å². The first-order valence-corrected chi connectivity index (χ1v) is 7.67. The second-order valence-electron chi connectivity index (χ2n) is 4.70. The average Bonchev–Trinajstić information content (AvgIpc) is 3.08. The molecule has 0 fully saturated rings. The summed E-state index contributed by atoms with van der Waals surface area (Å²) in [5.74, 6) is 1.56. The van der Waals surface area contributed by atoms with Crippen molar-refractivity contribution in [2.24, 2.45) is 0 Å². The number of benzene rings is 1. The molecule has 0 saturated heterocycles. The highest BCUT2D eigenvalue weighted by Gasteiger charge is 2.07. The fourth-order valence-corrected chi connectivity index (χ4v) is 2.14. The normalized spacial score (nSPS) is 10.3. The molecule has 2 heterocycles. The SMILES string of the molecule is O=C(Nc1ccc(NCc2ccco2)nn1)c1ccc(Br)cc1. The van der Waals surface area contributed by atoms with Crippen LogP contribution in [0, 0.1) is 0 Å². The summed E-state index contributed by atoms with van der Waals surface area (Å²) < 4.78 is 6.14. The maximum Gasteiger partial charge on any atom is 0.256 e. The summed E-state index contributed by atoms with van der Waals surface area (Å²) in [5, 5.41) is 13.8. The minimum Gasteiger partial charge on any atom is -0.467 e. The Morgan fingerprint density at radius 2 is 1.78 bits per heavy atom. The van der Waals surface area contributed by atoms with Gasteiger partial charge in [-0.3, -0.25) is 4.79 Å². The predicted octanol–water partition coefficient (Wildman–Crippen LogP) is 3.70.